The number of carbonyl (C=O) groups is 3. The number of benzene rings is 1. The molecule has 0 aliphatic carbocycles. The highest BCUT2D eigenvalue weighted by Crippen LogP contribution is 2.27. The molecule has 0 saturated carbocycles. The topological polar surface area (TPSA) is 140 Å². The first-order valence-electron chi connectivity index (χ1n) is 13.6. The van der Waals surface area contributed by atoms with E-state index in [0.29, 0.717) is 30.9 Å². The molecule has 4 N–H and O–H groups in total. The second-order valence-electron chi connectivity index (χ2n) is 11.7. The highest BCUT2D eigenvalue weighted by Gasteiger charge is 2.40. The van der Waals surface area contributed by atoms with E-state index in [-0.39, 0.29) is 24.7 Å². The van der Waals surface area contributed by atoms with Crippen molar-refractivity contribution in [3.05, 3.63) is 23.8 Å². The molecule has 222 valence electrons. The summed E-state index contributed by atoms with van der Waals surface area (Å²) < 4.78 is 16.1. The molecule has 10 nitrogen and oxygen atoms in total. The Labute approximate surface area is 233 Å². The fourth-order valence-electron chi connectivity index (χ4n) is 4.19. The summed E-state index contributed by atoms with van der Waals surface area (Å²) in [6, 6.07) is 3.58. The molecule has 1 aromatic rings. The smallest absolute Gasteiger partial charge is 0.417 e. The zero-order valence-electron chi connectivity index (χ0n) is 25.1. The van der Waals surface area contributed by atoms with Gasteiger partial charge in [0.15, 0.2) is 11.5 Å². The molecule has 0 bridgehead atoms. The van der Waals surface area contributed by atoms with Crippen LogP contribution in [0.5, 0.6) is 11.5 Å². The maximum absolute atomic E-state index is 13.4. The van der Waals surface area contributed by atoms with Crippen LogP contribution in [-0.4, -0.2) is 72.5 Å². The number of carbonyl (C=O) groups excluding carboxylic acids is 3. The minimum atomic E-state index is -1.31. The Morgan fingerprint density at radius 3 is 2.10 bits per heavy atom. The number of methoxy groups -OCH3 is 2. The third-order valence-corrected chi connectivity index (χ3v) is 5.94. The zero-order valence-corrected chi connectivity index (χ0v) is 25.1. The van der Waals surface area contributed by atoms with E-state index >= 15 is 0 Å². The lowest BCUT2D eigenvalue weighted by Gasteiger charge is -2.36. The summed E-state index contributed by atoms with van der Waals surface area (Å²) in [6.45, 7) is 13.1. The maximum Gasteiger partial charge on any atom is 0.417 e. The highest BCUT2D eigenvalue weighted by molar-refractivity contribution is 5.95. The number of rotatable bonds is 14. The van der Waals surface area contributed by atoms with Crippen LogP contribution >= 0.6 is 0 Å². The average Bonchev–Trinajstić information content (AvgIpc) is 2.81. The Morgan fingerprint density at radius 2 is 1.59 bits per heavy atom. The van der Waals surface area contributed by atoms with Crippen LogP contribution < -0.4 is 20.5 Å². The van der Waals surface area contributed by atoms with E-state index < -0.39 is 41.7 Å². The van der Waals surface area contributed by atoms with Gasteiger partial charge in [-0.15, -0.1) is 0 Å². The number of amides is 3. The summed E-state index contributed by atoms with van der Waals surface area (Å²) >= 11 is 0. The summed E-state index contributed by atoms with van der Waals surface area (Å²) in [6.07, 6.45) is -1.32. The first-order chi connectivity index (χ1) is 18.1. The molecular formula is C29H49N3O7. The number of aliphatic hydroxyl groups is 1. The highest BCUT2D eigenvalue weighted by atomic mass is 16.6. The Kier molecular flexibility index (Phi) is 13.7. The first-order valence-corrected chi connectivity index (χ1v) is 13.6. The van der Waals surface area contributed by atoms with Gasteiger partial charge in [-0.25, -0.2) is 9.69 Å². The van der Waals surface area contributed by atoms with E-state index in [1.165, 1.54) is 0 Å². The fraction of sp³-hybridized carbons (Fsp3) is 0.690. The van der Waals surface area contributed by atoms with Gasteiger partial charge in [-0.3, -0.25) is 9.59 Å². The molecule has 0 heterocycles. The van der Waals surface area contributed by atoms with Crippen molar-refractivity contribution < 1.29 is 33.7 Å². The third-order valence-electron chi connectivity index (χ3n) is 5.94. The van der Waals surface area contributed by atoms with Crippen LogP contribution in [0.15, 0.2) is 18.2 Å². The second kappa shape index (κ2) is 15.7. The first kappa shape index (κ1) is 34.2. The van der Waals surface area contributed by atoms with Crippen LogP contribution in [-0.2, 0) is 20.7 Å². The summed E-state index contributed by atoms with van der Waals surface area (Å²) in [5.41, 5.74) is 6.24. The fourth-order valence-corrected chi connectivity index (χ4v) is 4.19. The predicted octanol–water partition coefficient (Wildman–Crippen LogP) is 3.67. The summed E-state index contributed by atoms with van der Waals surface area (Å²) in [7, 11) is 3.12. The van der Waals surface area contributed by atoms with Gasteiger partial charge in [-0.2, -0.15) is 0 Å². The number of ether oxygens (including phenoxy) is 3. The molecule has 3 amide bonds. The van der Waals surface area contributed by atoms with Gasteiger partial charge in [-0.05, 0) is 69.6 Å². The van der Waals surface area contributed by atoms with E-state index in [0.717, 1.165) is 10.5 Å². The predicted molar refractivity (Wildman–Crippen MR) is 151 cm³/mol. The molecule has 1 aromatic carbocycles. The molecule has 0 aromatic heterocycles. The van der Waals surface area contributed by atoms with E-state index in [1.807, 2.05) is 39.8 Å². The van der Waals surface area contributed by atoms with Gasteiger partial charge in [0.1, 0.15) is 5.60 Å². The average molecular weight is 552 g/mol. The quantitative estimate of drug-likeness (QED) is 0.318. The van der Waals surface area contributed by atoms with Crippen LogP contribution in [0.3, 0.4) is 0 Å². The normalized spacial score (nSPS) is 14.0. The molecule has 0 fully saturated rings. The largest absolute Gasteiger partial charge is 0.493 e. The van der Waals surface area contributed by atoms with Crippen LogP contribution in [0.2, 0.25) is 0 Å². The van der Waals surface area contributed by atoms with Gasteiger partial charge < -0.3 is 30.4 Å². The minimum Gasteiger partial charge on any atom is -0.493 e. The third kappa shape index (κ3) is 11.8. The number of imide groups is 1. The van der Waals surface area contributed by atoms with E-state index in [9.17, 15) is 19.5 Å². The SMILES string of the molecule is COc1ccc(CCNC(=O)C[C@H](O)[C@H](CC(C)C)N(C(=O)OC(C)(C)C)C(=O)[C@@H](N)CC(C)C)cc1OC. The monoisotopic (exact) mass is 551 g/mol. The molecule has 0 unspecified atom stereocenters. The molecule has 1 rings (SSSR count). The van der Waals surface area contributed by atoms with Gasteiger partial charge in [-0.1, -0.05) is 33.8 Å². The molecule has 0 spiro atoms. The lowest BCUT2D eigenvalue weighted by Crippen LogP contribution is -2.57. The van der Waals surface area contributed by atoms with Crippen molar-refractivity contribution in [2.75, 3.05) is 20.8 Å². The van der Waals surface area contributed by atoms with Crippen molar-refractivity contribution in [1.82, 2.24) is 10.2 Å². The molecule has 0 saturated heterocycles. The van der Waals surface area contributed by atoms with Crippen molar-refractivity contribution in [3.8, 4) is 11.5 Å². The summed E-state index contributed by atoms with van der Waals surface area (Å²) in [5.74, 6) is 0.306. The van der Waals surface area contributed by atoms with Crippen LogP contribution in [0.25, 0.3) is 0 Å². The molecule has 0 radical (unpaired) electrons. The Hall–Kier alpha value is -2.85. The van der Waals surface area contributed by atoms with Crippen LogP contribution in [0.1, 0.15) is 73.3 Å². The van der Waals surface area contributed by atoms with Crippen molar-refractivity contribution in [3.63, 3.8) is 0 Å². The van der Waals surface area contributed by atoms with E-state index in [2.05, 4.69) is 5.32 Å². The van der Waals surface area contributed by atoms with E-state index in [1.54, 1.807) is 41.1 Å². The molecule has 0 aliphatic rings. The van der Waals surface area contributed by atoms with Crippen molar-refractivity contribution in [1.29, 1.82) is 0 Å². The number of nitrogens with one attached hydrogen (secondary N) is 1. The summed E-state index contributed by atoms with van der Waals surface area (Å²) in [4.78, 5) is 40.3. The number of hydrogen-bond donors (Lipinski definition) is 3. The van der Waals surface area contributed by atoms with Crippen molar-refractivity contribution >= 4 is 17.9 Å². The Morgan fingerprint density at radius 1 is 1.00 bits per heavy atom. The molecular weight excluding hydrogens is 502 g/mol. The second-order valence-corrected chi connectivity index (χ2v) is 11.7. The Balaban J connectivity index is 3.04. The van der Waals surface area contributed by atoms with Crippen molar-refractivity contribution in [2.45, 2.75) is 97.9 Å². The van der Waals surface area contributed by atoms with Gasteiger partial charge >= 0.3 is 6.09 Å². The molecule has 0 aliphatic heterocycles. The molecule has 10 heteroatoms. The summed E-state index contributed by atoms with van der Waals surface area (Å²) in [5, 5.41) is 14.0. The molecule has 39 heavy (non-hydrogen) atoms. The lowest BCUT2D eigenvalue weighted by molar-refractivity contribution is -0.139. The van der Waals surface area contributed by atoms with Crippen LogP contribution in [0.4, 0.5) is 4.79 Å². The number of hydrogen-bond acceptors (Lipinski definition) is 8. The van der Waals surface area contributed by atoms with Crippen LogP contribution in [0, 0.1) is 11.8 Å². The standard InChI is InChI=1S/C29H49N3O7/c1-18(2)14-21(30)27(35)32(28(36)39-29(5,6)7)22(15-19(3)4)23(33)17-26(34)31-13-12-20-10-11-24(37-8)25(16-20)38-9/h10-11,16,18-19,21-23,33H,12-15,17,30H2,1-9H3,(H,31,34)/t21-,22-,23-/m0/s1. The van der Waals surface area contributed by atoms with E-state index in [4.69, 9.17) is 19.9 Å². The zero-order chi connectivity index (χ0) is 29.9. The van der Waals surface area contributed by atoms with Gasteiger partial charge in [0, 0.05) is 6.54 Å². The minimum absolute atomic E-state index is 0.0109. The number of aliphatic hydroxyl groups excluding tert-OH is 1. The van der Waals surface area contributed by atoms with Gasteiger partial charge in [0.05, 0.1) is 38.8 Å². The van der Waals surface area contributed by atoms with Gasteiger partial charge in [0.25, 0.3) is 0 Å². The number of nitrogens with two attached hydrogens (primary N) is 1. The van der Waals surface area contributed by atoms with Crippen molar-refractivity contribution in [2.24, 2.45) is 17.6 Å². The number of nitrogens with zero attached hydrogens (tertiary/aromatic N) is 1. The lowest BCUT2D eigenvalue weighted by atomic mass is 9.94. The Bertz CT molecular complexity index is 943. The maximum atomic E-state index is 13.4. The van der Waals surface area contributed by atoms with Gasteiger partial charge in [0.2, 0.25) is 11.8 Å². The molecule has 3 atom stereocenters.